The summed E-state index contributed by atoms with van der Waals surface area (Å²) < 4.78 is 9.01. The molecule has 2 aromatic heterocycles. The van der Waals surface area contributed by atoms with Gasteiger partial charge in [-0.1, -0.05) is 11.6 Å². The van der Waals surface area contributed by atoms with Crippen molar-refractivity contribution in [2.75, 3.05) is 19.8 Å². The van der Waals surface area contributed by atoms with Gasteiger partial charge in [-0.15, -0.1) is 11.3 Å². The van der Waals surface area contributed by atoms with Crippen LogP contribution < -0.4 is 0 Å². The Morgan fingerprint density at radius 3 is 3.20 bits per heavy atom. The third kappa shape index (κ3) is 3.38. The van der Waals surface area contributed by atoms with Crippen LogP contribution in [0.3, 0.4) is 0 Å². The lowest BCUT2D eigenvalue weighted by Crippen LogP contribution is -2.49. The highest BCUT2D eigenvalue weighted by Crippen LogP contribution is 2.48. The Kier molecular flexibility index (Phi) is 4.90. The number of aromatic nitrogens is 2. The van der Waals surface area contributed by atoms with Crippen LogP contribution in [0, 0.1) is 0 Å². The van der Waals surface area contributed by atoms with E-state index in [9.17, 15) is 0 Å². The van der Waals surface area contributed by atoms with Gasteiger partial charge < -0.3 is 9.84 Å². The topological polar surface area (TPSA) is 50.5 Å². The van der Waals surface area contributed by atoms with Gasteiger partial charge in [-0.25, -0.2) is 0 Å². The molecule has 25 heavy (non-hydrogen) atoms. The van der Waals surface area contributed by atoms with E-state index in [1.54, 1.807) is 16.0 Å². The average Bonchev–Trinajstić information content (AvgIpc) is 3.17. The fourth-order valence-corrected chi connectivity index (χ4v) is 5.64. The Hall–Kier alpha value is -0.920. The normalized spacial score (nSPS) is 26.9. The second-order valence-corrected chi connectivity index (χ2v) is 8.79. The molecule has 7 heteroatoms. The van der Waals surface area contributed by atoms with E-state index in [0.717, 1.165) is 43.3 Å². The molecule has 0 aromatic carbocycles. The molecule has 0 amide bonds. The predicted molar refractivity (Wildman–Crippen MR) is 99.1 cm³/mol. The van der Waals surface area contributed by atoms with Crippen LogP contribution in [0.15, 0.2) is 18.5 Å². The van der Waals surface area contributed by atoms with E-state index in [-0.39, 0.29) is 12.2 Å². The molecule has 0 radical (unpaired) electrons. The van der Waals surface area contributed by atoms with Crippen LogP contribution in [0.1, 0.15) is 35.8 Å². The van der Waals surface area contributed by atoms with Crippen molar-refractivity contribution in [1.29, 1.82) is 0 Å². The molecule has 2 atom stereocenters. The standard InChI is InChI=1S/C18H24ClN3O2S/c1-13-9-18(17-15(2-7-24-18)8-16(19)25-17)3-4-21(13)11-14-10-20-22(12-14)5-6-23/h8,10,12-13,23H,2-7,9,11H2,1H3/t13-,18+/m0/s1. The molecule has 0 aliphatic carbocycles. The van der Waals surface area contributed by atoms with Crippen LogP contribution in [0.5, 0.6) is 0 Å². The maximum absolute atomic E-state index is 9.02. The summed E-state index contributed by atoms with van der Waals surface area (Å²) in [5.74, 6) is 0. The first kappa shape index (κ1) is 17.5. The van der Waals surface area contributed by atoms with Crippen molar-refractivity contribution in [3.8, 4) is 0 Å². The van der Waals surface area contributed by atoms with Gasteiger partial charge >= 0.3 is 0 Å². The molecule has 1 saturated heterocycles. The number of hydrogen-bond acceptors (Lipinski definition) is 5. The minimum Gasteiger partial charge on any atom is -0.394 e. The molecule has 4 heterocycles. The molecule has 0 bridgehead atoms. The summed E-state index contributed by atoms with van der Waals surface area (Å²) in [6.45, 7) is 5.63. The van der Waals surface area contributed by atoms with Crippen molar-refractivity contribution < 1.29 is 9.84 Å². The van der Waals surface area contributed by atoms with E-state index in [1.165, 1.54) is 16.0 Å². The van der Waals surface area contributed by atoms with E-state index in [2.05, 4.69) is 23.0 Å². The Balaban J connectivity index is 1.47. The maximum atomic E-state index is 9.02. The van der Waals surface area contributed by atoms with Crippen molar-refractivity contribution in [3.05, 3.63) is 38.8 Å². The number of nitrogens with zero attached hydrogens (tertiary/aromatic N) is 3. The average molecular weight is 382 g/mol. The van der Waals surface area contributed by atoms with Crippen LogP contribution in [0.4, 0.5) is 0 Å². The number of halogens is 1. The number of thiophene rings is 1. The number of rotatable bonds is 4. The summed E-state index contributed by atoms with van der Waals surface area (Å²) >= 11 is 7.98. The van der Waals surface area contributed by atoms with Crippen LogP contribution in [0.25, 0.3) is 0 Å². The zero-order valence-corrected chi connectivity index (χ0v) is 16.0. The van der Waals surface area contributed by atoms with Crippen LogP contribution in [-0.4, -0.2) is 45.6 Å². The van der Waals surface area contributed by atoms with Gasteiger partial charge in [0, 0.05) is 35.8 Å². The summed E-state index contributed by atoms with van der Waals surface area (Å²) in [6.07, 6.45) is 6.92. The summed E-state index contributed by atoms with van der Waals surface area (Å²) in [4.78, 5) is 3.85. The van der Waals surface area contributed by atoms with Gasteiger partial charge in [0.15, 0.2) is 0 Å². The van der Waals surface area contributed by atoms with E-state index in [1.807, 2.05) is 12.4 Å². The van der Waals surface area contributed by atoms with Crippen molar-refractivity contribution in [2.24, 2.45) is 0 Å². The van der Waals surface area contributed by atoms with Crippen molar-refractivity contribution >= 4 is 22.9 Å². The number of ether oxygens (including phenoxy) is 1. The van der Waals surface area contributed by atoms with Crippen molar-refractivity contribution in [2.45, 2.75) is 50.9 Å². The molecule has 2 aliphatic heterocycles. The molecular formula is C18H24ClN3O2S. The van der Waals surface area contributed by atoms with E-state index in [4.69, 9.17) is 21.4 Å². The molecule has 1 N–H and O–H groups in total. The lowest BCUT2D eigenvalue weighted by molar-refractivity contribution is -0.110. The highest BCUT2D eigenvalue weighted by molar-refractivity contribution is 7.16. The highest BCUT2D eigenvalue weighted by Gasteiger charge is 2.44. The second kappa shape index (κ2) is 7.00. The number of piperidine rings is 1. The first-order chi connectivity index (χ1) is 12.1. The molecule has 1 spiro atoms. The van der Waals surface area contributed by atoms with E-state index in [0.29, 0.717) is 12.6 Å². The molecule has 5 nitrogen and oxygen atoms in total. The van der Waals surface area contributed by atoms with Crippen LogP contribution in [-0.2, 0) is 29.8 Å². The molecule has 0 saturated carbocycles. The first-order valence-electron chi connectivity index (χ1n) is 8.88. The Bertz CT molecular complexity index is 747. The van der Waals surface area contributed by atoms with Gasteiger partial charge in [0.2, 0.25) is 0 Å². The zero-order chi connectivity index (χ0) is 17.4. The monoisotopic (exact) mass is 381 g/mol. The third-order valence-corrected chi connectivity index (χ3v) is 6.89. The van der Waals surface area contributed by atoms with Gasteiger partial charge in [0.05, 0.1) is 30.3 Å². The minimum atomic E-state index is -0.150. The van der Waals surface area contributed by atoms with Crippen molar-refractivity contribution in [1.82, 2.24) is 14.7 Å². The summed E-state index contributed by atoms with van der Waals surface area (Å²) in [7, 11) is 0. The highest BCUT2D eigenvalue weighted by atomic mass is 35.5. The molecule has 4 rings (SSSR count). The van der Waals surface area contributed by atoms with Gasteiger partial charge in [-0.3, -0.25) is 9.58 Å². The minimum absolute atomic E-state index is 0.118. The maximum Gasteiger partial charge on any atom is 0.105 e. The van der Waals surface area contributed by atoms with Gasteiger partial charge in [0.25, 0.3) is 0 Å². The summed E-state index contributed by atoms with van der Waals surface area (Å²) in [5, 5.41) is 13.3. The van der Waals surface area contributed by atoms with E-state index < -0.39 is 0 Å². The van der Waals surface area contributed by atoms with Crippen molar-refractivity contribution in [3.63, 3.8) is 0 Å². The molecule has 2 aliphatic rings. The molecule has 136 valence electrons. The predicted octanol–water partition coefficient (Wildman–Crippen LogP) is 3.04. The van der Waals surface area contributed by atoms with Gasteiger partial charge in [-0.2, -0.15) is 5.10 Å². The fourth-order valence-electron chi connectivity index (χ4n) is 4.16. The number of aliphatic hydroxyl groups excluding tert-OH is 1. The summed E-state index contributed by atoms with van der Waals surface area (Å²) in [5.41, 5.74) is 2.43. The Labute approximate surface area is 157 Å². The van der Waals surface area contributed by atoms with Crippen LogP contribution in [0.2, 0.25) is 4.34 Å². The fraction of sp³-hybridized carbons (Fsp3) is 0.611. The largest absolute Gasteiger partial charge is 0.394 e. The number of fused-ring (bicyclic) bond motifs is 2. The second-order valence-electron chi connectivity index (χ2n) is 7.11. The Morgan fingerprint density at radius 1 is 1.52 bits per heavy atom. The SMILES string of the molecule is C[C@H]1C[C@@]2(CCN1Cc1cnn(CCO)c1)OCCc1cc(Cl)sc12. The van der Waals surface area contributed by atoms with Crippen LogP contribution >= 0.6 is 22.9 Å². The number of aliphatic hydroxyl groups is 1. The number of likely N-dealkylation sites (tertiary alicyclic amines) is 1. The molecular weight excluding hydrogens is 358 g/mol. The third-order valence-electron chi connectivity index (χ3n) is 5.40. The molecule has 1 fully saturated rings. The number of hydrogen-bond donors (Lipinski definition) is 1. The first-order valence-corrected chi connectivity index (χ1v) is 10.1. The Morgan fingerprint density at radius 2 is 2.40 bits per heavy atom. The quantitative estimate of drug-likeness (QED) is 0.884. The molecule has 2 aromatic rings. The lowest BCUT2D eigenvalue weighted by Gasteiger charge is -2.47. The molecule has 0 unspecified atom stereocenters. The smallest absolute Gasteiger partial charge is 0.105 e. The summed E-state index contributed by atoms with van der Waals surface area (Å²) in [6, 6.07) is 2.56. The van der Waals surface area contributed by atoms with Gasteiger partial charge in [0.1, 0.15) is 5.60 Å². The zero-order valence-electron chi connectivity index (χ0n) is 14.4. The lowest BCUT2D eigenvalue weighted by atomic mass is 9.82. The van der Waals surface area contributed by atoms with E-state index >= 15 is 0 Å². The van der Waals surface area contributed by atoms with Gasteiger partial charge in [-0.05, 0) is 37.8 Å².